The van der Waals surface area contributed by atoms with E-state index in [0.29, 0.717) is 6.54 Å². The third-order valence-corrected chi connectivity index (χ3v) is 5.60. The Morgan fingerprint density at radius 1 is 1.38 bits per heavy atom. The van der Waals surface area contributed by atoms with Crippen molar-refractivity contribution in [1.82, 2.24) is 20.5 Å². The number of carbonyl (C=O) groups excluding carboxylic acids is 1. The van der Waals surface area contributed by atoms with Crippen molar-refractivity contribution in [2.24, 2.45) is 10.9 Å². The Hall–Kier alpha value is -1.63. The maximum atomic E-state index is 12.2. The van der Waals surface area contributed by atoms with E-state index in [1.165, 1.54) is 0 Å². The molecule has 0 spiro atoms. The first kappa shape index (κ1) is 20.7. The molecular weight excluding hydrogens is 346 g/mol. The minimum absolute atomic E-state index is 0.0742. The van der Waals surface area contributed by atoms with Gasteiger partial charge in [0.2, 0.25) is 5.91 Å². The van der Waals surface area contributed by atoms with Crippen LogP contribution in [0.25, 0.3) is 0 Å². The summed E-state index contributed by atoms with van der Waals surface area (Å²) >= 11 is 1.68. The number of hydrogen-bond donors (Lipinski definition) is 2. The number of carbonyl (C=O) groups is 1. The summed E-state index contributed by atoms with van der Waals surface area (Å²) < 4.78 is 0. The number of nitrogens with one attached hydrogen (secondary N) is 2. The molecule has 6 nitrogen and oxygen atoms in total. The lowest BCUT2D eigenvalue weighted by Gasteiger charge is -2.31. The summed E-state index contributed by atoms with van der Waals surface area (Å²) in [7, 11) is 5.45. The quantitative estimate of drug-likeness (QED) is 0.623. The van der Waals surface area contributed by atoms with Crippen LogP contribution in [-0.4, -0.2) is 48.9 Å². The Morgan fingerprint density at radius 3 is 2.69 bits per heavy atom. The van der Waals surface area contributed by atoms with Crippen molar-refractivity contribution in [2.45, 2.75) is 64.5 Å². The monoisotopic (exact) mass is 379 g/mol. The Bertz CT molecular complexity index is 632. The Balaban J connectivity index is 1.87. The van der Waals surface area contributed by atoms with Crippen LogP contribution in [0.1, 0.15) is 57.2 Å². The van der Waals surface area contributed by atoms with E-state index in [1.807, 2.05) is 14.1 Å². The van der Waals surface area contributed by atoms with Gasteiger partial charge in [-0.15, -0.1) is 11.3 Å². The predicted octanol–water partition coefficient (Wildman–Crippen LogP) is 2.75. The zero-order valence-corrected chi connectivity index (χ0v) is 17.7. The van der Waals surface area contributed by atoms with Crippen molar-refractivity contribution in [1.29, 1.82) is 0 Å². The summed E-state index contributed by atoms with van der Waals surface area (Å²) in [6, 6.07) is 0.283. The summed E-state index contributed by atoms with van der Waals surface area (Å²) in [6.45, 7) is 7.18. The lowest BCUT2D eigenvalue weighted by molar-refractivity contribution is -0.134. The van der Waals surface area contributed by atoms with Crippen LogP contribution in [0.3, 0.4) is 0 Å². The molecule has 1 saturated carbocycles. The van der Waals surface area contributed by atoms with Gasteiger partial charge in [-0.25, -0.2) is 4.98 Å². The van der Waals surface area contributed by atoms with E-state index < -0.39 is 0 Å². The summed E-state index contributed by atoms with van der Waals surface area (Å²) in [5, 5.41) is 10.0. The van der Waals surface area contributed by atoms with E-state index in [2.05, 4.69) is 41.8 Å². The second-order valence-electron chi connectivity index (χ2n) is 8.24. The maximum absolute atomic E-state index is 12.2. The summed E-state index contributed by atoms with van der Waals surface area (Å²) in [4.78, 5) is 23.0. The maximum Gasteiger partial charge on any atom is 0.225 e. The summed E-state index contributed by atoms with van der Waals surface area (Å²) in [5.74, 6) is 1.13. The predicted molar refractivity (Wildman–Crippen MR) is 109 cm³/mol. The van der Waals surface area contributed by atoms with E-state index in [4.69, 9.17) is 4.98 Å². The van der Waals surface area contributed by atoms with Gasteiger partial charge in [0.05, 0.1) is 12.2 Å². The molecule has 0 bridgehead atoms. The molecule has 1 amide bonds. The zero-order chi connectivity index (χ0) is 19.3. The molecule has 146 valence electrons. The molecule has 2 rings (SSSR count). The smallest absolute Gasteiger partial charge is 0.225 e. The Labute approximate surface area is 161 Å². The van der Waals surface area contributed by atoms with E-state index in [0.717, 1.165) is 42.3 Å². The number of hydrogen-bond acceptors (Lipinski definition) is 4. The van der Waals surface area contributed by atoms with Crippen LogP contribution in [-0.2, 0) is 16.8 Å². The summed E-state index contributed by atoms with van der Waals surface area (Å²) in [6.07, 6.45) is 3.99. The lowest BCUT2D eigenvalue weighted by Crippen LogP contribution is -2.46. The van der Waals surface area contributed by atoms with E-state index in [1.54, 1.807) is 23.3 Å². The second-order valence-corrected chi connectivity index (χ2v) is 9.18. The molecule has 0 aliphatic heterocycles. The molecule has 0 radical (unpaired) electrons. The van der Waals surface area contributed by atoms with Gasteiger partial charge in [-0.2, -0.15) is 0 Å². The third-order valence-electron chi connectivity index (χ3n) is 4.76. The van der Waals surface area contributed by atoms with Crippen molar-refractivity contribution in [3.05, 3.63) is 16.1 Å². The Kier molecular flexibility index (Phi) is 7.03. The zero-order valence-electron chi connectivity index (χ0n) is 16.9. The van der Waals surface area contributed by atoms with Gasteiger partial charge in [0, 0.05) is 43.9 Å². The highest BCUT2D eigenvalue weighted by atomic mass is 32.1. The number of guanidine groups is 1. The third kappa shape index (κ3) is 5.69. The molecule has 0 saturated heterocycles. The fourth-order valence-corrected chi connectivity index (χ4v) is 4.15. The molecule has 1 fully saturated rings. The first-order valence-electron chi connectivity index (χ1n) is 9.34. The number of amides is 1. The number of aliphatic imine (C=N–C) groups is 1. The van der Waals surface area contributed by atoms with Crippen molar-refractivity contribution in [3.8, 4) is 0 Å². The fraction of sp³-hybridized carbons (Fsp3) is 0.737. The second kappa shape index (κ2) is 8.84. The topological polar surface area (TPSA) is 69.6 Å². The summed E-state index contributed by atoms with van der Waals surface area (Å²) in [5.41, 5.74) is 1.20. The van der Waals surface area contributed by atoms with Crippen LogP contribution < -0.4 is 10.6 Å². The van der Waals surface area contributed by atoms with Gasteiger partial charge < -0.3 is 15.5 Å². The molecule has 26 heavy (non-hydrogen) atoms. The minimum atomic E-state index is 0.0742. The van der Waals surface area contributed by atoms with Gasteiger partial charge in [0.1, 0.15) is 5.01 Å². The SMILES string of the molecule is CN=C(NCc1nc(C(C)(C)C)cs1)NC1CCCC(C(=O)N(C)C)C1. The molecule has 2 unspecified atom stereocenters. The van der Waals surface area contributed by atoms with Crippen LogP contribution in [0.2, 0.25) is 0 Å². The number of nitrogens with zero attached hydrogens (tertiary/aromatic N) is 3. The van der Waals surface area contributed by atoms with Crippen LogP contribution in [0.15, 0.2) is 10.4 Å². The normalized spacial score (nSPS) is 21.4. The van der Waals surface area contributed by atoms with Gasteiger partial charge in [-0.05, 0) is 19.3 Å². The van der Waals surface area contributed by atoms with Crippen molar-refractivity contribution >= 4 is 23.2 Å². The van der Waals surface area contributed by atoms with E-state index >= 15 is 0 Å². The molecular formula is C19H33N5OS. The van der Waals surface area contributed by atoms with Crippen LogP contribution in [0.4, 0.5) is 0 Å². The molecule has 1 aromatic rings. The largest absolute Gasteiger partial charge is 0.354 e. The van der Waals surface area contributed by atoms with Crippen molar-refractivity contribution < 1.29 is 4.79 Å². The highest BCUT2D eigenvalue weighted by Gasteiger charge is 2.28. The molecule has 2 N–H and O–H groups in total. The minimum Gasteiger partial charge on any atom is -0.354 e. The van der Waals surface area contributed by atoms with E-state index in [9.17, 15) is 4.79 Å². The fourth-order valence-electron chi connectivity index (χ4n) is 3.19. The Morgan fingerprint density at radius 2 is 2.12 bits per heavy atom. The molecule has 7 heteroatoms. The first-order valence-corrected chi connectivity index (χ1v) is 10.2. The highest BCUT2D eigenvalue weighted by molar-refractivity contribution is 7.09. The molecule has 2 atom stereocenters. The van der Waals surface area contributed by atoms with Crippen LogP contribution >= 0.6 is 11.3 Å². The van der Waals surface area contributed by atoms with Gasteiger partial charge in [-0.1, -0.05) is 27.2 Å². The van der Waals surface area contributed by atoms with Crippen molar-refractivity contribution in [2.75, 3.05) is 21.1 Å². The highest BCUT2D eigenvalue weighted by Crippen LogP contribution is 2.26. The van der Waals surface area contributed by atoms with Gasteiger partial charge in [-0.3, -0.25) is 9.79 Å². The average Bonchev–Trinajstić information content (AvgIpc) is 3.07. The van der Waals surface area contributed by atoms with Crippen molar-refractivity contribution in [3.63, 3.8) is 0 Å². The van der Waals surface area contributed by atoms with E-state index in [-0.39, 0.29) is 23.3 Å². The lowest BCUT2D eigenvalue weighted by atomic mass is 9.85. The van der Waals surface area contributed by atoms with Crippen LogP contribution in [0, 0.1) is 5.92 Å². The number of rotatable bonds is 4. The number of aromatic nitrogens is 1. The first-order chi connectivity index (χ1) is 12.2. The standard InChI is InChI=1S/C19H33N5OS/c1-19(2,3)15-12-26-16(23-15)11-21-18(20-4)22-14-9-7-8-13(10-14)17(25)24(5)6/h12-14H,7-11H2,1-6H3,(H2,20,21,22). The molecule has 1 aromatic heterocycles. The molecule has 1 aliphatic rings. The molecule has 1 aliphatic carbocycles. The van der Waals surface area contributed by atoms with Gasteiger partial charge in [0.25, 0.3) is 0 Å². The average molecular weight is 380 g/mol. The van der Waals surface area contributed by atoms with Gasteiger partial charge >= 0.3 is 0 Å². The molecule has 1 heterocycles. The van der Waals surface area contributed by atoms with Crippen LogP contribution in [0.5, 0.6) is 0 Å². The molecule has 0 aromatic carbocycles. The van der Waals surface area contributed by atoms with Gasteiger partial charge in [0.15, 0.2) is 5.96 Å². The number of thiazole rings is 1.